The van der Waals surface area contributed by atoms with E-state index in [1.165, 1.54) is 20.3 Å². The lowest BCUT2D eigenvalue weighted by Crippen LogP contribution is -2.58. The molecule has 1 aliphatic carbocycles. The molecule has 1 aliphatic heterocycles. The molecule has 146 valence electrons. The number of carbonyl (C=O) groups is 2. The fourth-order valence-electron chi connectivity index (χ4n) is 3.18. The highest BCUT2D eigenvalue weighted by molar-refractivity contribution is 6.14. The van der Waals surface area contributed by atoms with Crippen LogP contribution in [0.1, 0.15) is 37.7 Å². The highest BCUT2D eigenvalue weighted by Crippen LogP contribution is 2.40. The third-order valence-corrected chi connectivity index (χ3v) is 4.70. The van der Waals surface area contributed by atoms with Crippen LogP contribution in [0.2, 0.25) is 0 Å². The van der Waals surface area contributed by atoms with Crippen LogP contribution in [-0.2, 0) is 39.5 Å². The summed E-state index contributed by atoms with van der Waals surface area (Å²) in [5.74, 6) is -3.41. The first-order valence-electron chi connectivity index (χ1n) is 8.81. The standard InChI is InChI=1S/C19H23NO7/c1-23-16(21)15(17(22)24-2)13-19(14-9-5-3-6-10-14)25-20-18(26-27-19)11-7-4-8-12-18/h3,5-6,9-10,13,20H,4,7-8,11-12H2,1-2H3. The largest absolute Gasteiger partial charge is 0.465 e. The summed E-state index contributed by atoms with van der Waals surface area (Å²) in [6.45, 7) is 0. The molecule has 1 aromatic rings. The maximum absolute atomic E-state index is 12.1. The Kier molecular flexibility index (Phi) is 5.91. The van der Waals surface area contributed by atoms with Crippen LogP contribution >= 0.6 is 0 Å². The molecule has 0 amide bonds. The van der Waals surface area contributed by atoms with Gasteiger partial charge in [-0.1, -0.05) is 36.8 Å². The predicted molar refractivity (Wildman–Crippen MR) is 92.4 cm³/mol. The monoisotopic (exact) mass is 377 g/mol. The Morgan fingerprint density at radius 1 is 1.00 bits per heavy atom. The van der Waals surface area contributed by atoms with Gasteiger partial charge in [0.1, 0.15) is 5.57 Å². The fourth-order valence-corrected chi connectivity index (χ4v) is 3.18. The molecule has 1 aromatic carbocycles. The van der Waals surface area contributed by atoms with Gasteiger partial charge in [-0.05, 0) is 25.7 Å². The maximum atomic E-state index is 12.1. The summed E-state index contributed by atoms with van der Waals surface area (Å²) >= 11 is 0. The number of carbonyl (C=O) groups excluding carboxylic acids is 2. The second-order valence-electron chi connectivity index (χ2n) is 6.50. The van der Waals surface area contributed by atoms with Crippen LogP contribution in [-0.4, -0.2) is 31.9 Å². The number of hydrogen-bond acceptors (Lipinski definition) is 8. The van der Waals surface area contributed by atoms with E-state index in [9.17, 15) is 9.59 Å². The lowest BCUT2D eigenvalue weighted by molar-refractivity contribution is -0.536. The Morgan fingerprint density at radius 2 is 1.63 bits per heavy atom. The molecule has 2 aliphatic rings. The molecule has 1 saturated heterocycles. The number of hydrogen-bond donors (Lipinski definition) is 1. The molecule has 1 spiro atoms. The summed E-state index contributed by atoms with van der Waals surface area (Å²) in [7, 11) is 2.34. The second-order valence-corrected chi connectivity index (χ2v) is 6.50. The van der Waals surface area contributed by atoms with Gasteiger partial charge in [-0.3, -0.25) is 4.84 Å². The summed E-state index contributed by atoms with van der Waals surface area (Å²) in [5, 5.41) is 0. The zero-order valence-electron chi connectivity index (χ0n) is 15.4. The Hall–Kier alpha value is -2.26. The van der Waals surface area contributed by atoms with Gasteiger partial charge < -0.3 is 9.47 Å². The van der Waals surface area contributed by atoms with Gasteiger partial charge in [-0.25, -0.2) is 14.5 Å². The van der Waals surface area contributed by atoms with Crippen molar-refractivity contribution < 1.29 is 33.7 Å². The van der Waals surface area contributed by atoms with Crippen molar-refractivity contribution in [2.24, 2.45) is 0 Å². The van der Waals surface area contributed by atoms with Crippen molar-refractivity contribution in [1.82, 2.24) is 5.48 Å². The molecule has 1 unspecified atom stereocenters. The molecular weight excluding hydrogens is 354 g/mol. The molecule has 3 rings (SSSR count). The number of esters is 2. The van der Waals surface area contributed by atoms with Crippen LogP contribution in [0.3, 0.4) is 0 Å². The van der Waals surface area contributed by atoms with E-state index >= 15 is 0 Å². The van der Waals surface area contributed by atoms with Gasteiger partial charge in [0.15, 0.2) is 5.72 Å². The summed E-state index contributed by atoms with van der Waals surface area (Å²) in [6.07, 6.45) is 5.71. The third kappa shape index (κ3) is 4.03. The Bertz CT molecular complexity index is 682. The molecule has 1 heterocycles. The molecule has 8 nitrogen and oxygen atoms in total. The Morgan fingerprint density at radius 3 is 2.15 bits per heavy atom. The summed E-state index contributed by atoms with van der Waals surface area (Å²) < 4.78 is 9.37. The topological polar surface area (TPSA) is 92.3 Å². The van der Waals surface area contributed by atoms with E-state index in [0.29, 0.717) is 5.56 Å². The SMILES string of the molecule is COC(=O)C(=CC1(c2ccccc2)ONC2(CCCCC2)OO1)C(=O)OC. The fraction of sp³-hybridized carbons (Fsp3) is 0.474. The first kappa shape index (κ1) is 19.5. The van der Waals surface area contributed by atoms with Gasteiger partial charge in [0.2, 0.25) is 0 Å². The predicted octanol–water partition coefficient (Wildman–Crippen LogP) is 2.26. The zero-order chi connectivity index (χ0) is 19.3. The van der Waals surface area contributed by atoms with Gasteiger partial charge in [0, 0.05) is 11.6 Å². The highest BCUT2D eigenvalue weighted by atomic mass is 17.3. The van der Waals surface area contributed by atoms with Crippen molar-refractivity contribution in [3.8, 4) is 0 Å². The number of hydroxylamine groups is 1. The minimum atomic E-state index is -1.67. The van der Waals surface area contributed by atoms with Crippen LogP contribution in [0.25, 0.3) is 0 Å². The minimum absolute atomic E-state index is 0.367. The molecule has 1 saturated carbocycles. The Labute approximate surface area is 157 Å². The molecule has 0 radical (unpaired) electrons. The van der Waals surface area contributed by atoms with Crippen molar-refractivity contribution in [1.29, 1.82) is 0 Å². The first-order valence-corrected chi connectivity index (χ1v) is 8.81. The van der Waals surface area contributed by atoms with Crippen LogP contribution in [0.5, 0.6) is 0 Å². The van der Waals surface area contributed by atoms with E-state index in [4.69, 9.17) is 14.6 Å². The summed E-state index contributed by atoms with van der Waals surface area (Å²) in [4.78, 5) is 41.5. The molecule has 1 N–H and O–H groups in total. The van der Waals surface area contributed by atoms with Crippen molar-refractivity contribution in [2.75, 3.05) is 14.2 Å². The van der Waals surface area contributed by atoms with Gasteiger partial charge in [0.25, 0.3) is 5.79 Å². The van der Waals surface area contributed by atoms with E-state index in [-0.39, 0.29) is 5.57 Å². The minimum Gasteiger partial charge on any atom is -0.465 e. The number of rotatable bonds is 4. The number of benzene rings is 1. The van der Waals surface area contributed by atoms with Gasteiger partial charge in [0.05, 0.1) is 14.2 Å². The van der Waals surface area contributed by atoms with E-state index in [1.54, 1.807) is 24.3 Å². The molecule has 1 atom stereocenters. The van der Waals surface area contributed by atoms with Gasteiger partial charge in [-0.2, -0.15) is 10.4 Å². The number of methoxy groups -OCH3 is 2. The quantitative estimate of drug-likeness (QED) is 0.281. The van der Waals surface area contributed by atoms with Crippen LogP contribution in [0.4, 0.5) is 0 Å². The molecule has 0 bridgehead atoms. The van der Waals surface area contributed by atoms with Crippen molar-refractivity contribution in [3.63, 3.8) is 0 Å². The van der Waals surface area contributed by atoms with Crippen molar-refractivity contribution in [3.05, 3.63) is 47.5 Å². The lowest BCUT2D eigenvalue weighted by atomic mass is 9.92. The van der Waals surface area contributed by atoms with E-state index in [0.717, 1.165) is 32.1 Å². The van der Waals surface area contributed by atoms with Crippen LogP contribution < -0.4 is 5.48 Å². The average molecular weight is 377 g/mol. The maximum Gasteiger partial charge on any atom is 0.345 e. The third-order valence-electron chi connectivity index (χ3n) is 4.70. The average Bonchev–Trinajstić information content (AvgIpc) is 2.74. The highest BCUT2D eigenvalue weighted by Gasteiger charge is 2.48. The number of ether oxygens (including phenoxy) is 2. The number of nitrogens with one attached hydrogen (secondary N) is 1. The van der Waals surface area contributed by atoms with Gasteiger partial charge >= 0.3 is 11.9 Å². The van der Waals surface area contributed by atoms with Gasteiger partial charge in [-0.15, -0.1) is 0 Å². The molecule has 27 heavy (non-hydrogen) atoms. The molecular formula is C19H23NO7. The summed E-state index contributed by atoms with van der Waals surface area (Å²) in [6, 6.07) is 8.83. The zero-order valence-corrected chi connectivity index (χ0v) is 15.4. The summed E-state index contributed by atoms with van der Waals surface area (Å²) in [5.41, 5.74) is 2.35. The molecule has 2 fully saturated rings. The molecule has 0 aromatic heterocycles. The second kappa shape index (κ2) is 8.18. The van der Waals surface area contributed by atoms with Crippen molar-refractivity contribution in [2.45, 2.75) is 43.6 Å². The van der Waals surface area contributed by atoms with Crippen molar-refractivity contribution >= 4 is 11.9 Å². The first-order chi connectivity index (χ1) is 13.0. The van der Waals surface area contributed by atoms with Crippen LogP contribution in [0.15, 0.2) is 42.0 Å². The Balaban J connectivity index is 1.98. The normalized spacial score (nSPS) is 24.1. The smallest absolute Gasteiger partial charge is 0.345 e. The molecule has 8 heteroatoms. The lowest BCUT2D eigenvalue weighted by Gasteiger charge is -2.45. The van der Waals surface area contributed by atoms with E-state index < -0.39 is 23.5 Å². The van der Waals surface area contributed by atoms with Crippen LogP contribution in [0, 0.1) is 0 Å². The van der Waals surface area contributed by atoms with E-state index in [1.807, 2.05) is 6.07 Å². The van der Waals surface area contributed by atoms with E-state index in [2.05, 4.69) is 15.0 Å².